The summed E-state index contributed by atoms with van der Waals surface area (Å²) in [5.74, 6) is -0.256. The summed E-state index contributed by atoms with van der Waals surface area (Å²) in [5.41, 5.74) is 0.961. The van der Waals surface area contributed by atoms with E-state index in [0.717, 1.165) is 5.56 Å². The molecule has 0 saturated carbocycles. The summed E-state index contributed by atoms with van der Waals surface area (Å²) < 4.78 is 16.0. The van der Waals surface area contributed by atoms with Gasteiger partial charge in [-0.05, 0) is 44.5 Å². The second-order valence-corrected chi connectivity index (χ2v) is 6.94. The average molecular weight is 322 g/mol. The van der Waals surface area contributed by atoms with E-state index >= 15 is 0 Å². The number of nitrogens with zero attached hydrogens (tertiary/aromatic N) is 2. The zero-order chi connectivity index (χ0) is 16.1. The fourth-order valence-corrected chi connectivity index (χ4v) is 2.97. The summed E-state index contributed by atoms with van der Waals surface area (Å²) >= 11 is 5.99. The Hall–Kier alpha value is -1.88. The van der Waals surface area contributed by atoms with E-state index in [2.05, 4.69) is 10.4 Å². The number of rotatable bonds is 1. The number of nitrogens with one attached hydrogen (secondary N) is 1. The van der Waals surface area contributed by atoms with Crippen LogP contribution in [0.5, 0.6) is 0 Å². The third-order valence-corrected chi connectivity index (χ3v) is 4.02. The first-order valence-corrected chi connectivity index (χ1v) is 7.48. The number of aromatic nitrogens is 2. The third kappa shape index (κ3) is 2.50. The molecule has 4 nitrogen and oxygen atoms in total. The molecule has 116 valence electrons. The molecule has 0 radical (unpaired) electrons. The van der Waals surface area contributed by atoms with Crippen molar-refractivity contribution in [1.29, 1.82) is 0 Å². The SMILES string of the molecule is CC(C)(C)n1ncc2c1NC(=O)CC2c1cc(Cl)ccc1F. The molecule has 0 saturated heterocycles. The average Bonchev–Trinajstić information content (AvgIpc) is 2.84. The minimum absolute atomic E-state index is 0.150. The zero-order valence-electron chi connectivity index (χ0n) is 12.7. The maximum Gasteiger partial charge on any atom is 0.226 e. The van der Waals surface area contributed by atoms with Crippen molar-refractivity contribution in [1.82, 2.24) is 9.78 Å². The maximum absolute atomic E-state index is 14.2. The van der Waals surface area contributed by atoms with Crippen molar-refractivity contribution < 1.29 is 9.18 Å². The van der Waals surface area contributed by atoms with Crippen molar-refractivity contribution in [3.63, 3.8) is 0 Å². The van der Waals surface area contributed by atoms with Crippen LogP contribution in [0.2, 0.25) is 5.02 Å². The van der Waals surface area contributed by atoms with E-state index < -0.39 is 0 Å². The zero-order valence-corrected chi connectivity index (χ0v) is 13.4. The second kappa shape index (κ2) is 5.09. The number of amides is 1. The van der Waals surface area contributed by atoms with Gasteiger partial charge in [0.15, 0.2) is 0 Å². The van der Waals surface area contributed by atoms with Crippen LogP contribution >= 0.6 is 11.6 Å². The highest BCUT2D eigenvalue weighted by atomic mass is 35.5. The van der Waals surface area contributed by atoms with Gasteiger partial charge in [-0.15, -0.1) is 0 Å². The number of fused-ring (bicyclic) bond motifs is 1. The third-order valence-electron chi connectivity index (χ3n) is 3.79. The molecule has 1 N–H and O–H groups in total. The summed E-state index contributed by atoms with van der Waals surface area (Å²) in [4.78, 5) is 12.1. The summed E-state index contributed by atoms with van der Waals surface area (Å²) in [6.07, 6.45) is 1.88. The van der Waals surface area contributed by atoms with Crippen LogP contribution in [0.4, 0.5) is 10.2 Å². The van der Waals surface area contributed by atoms with Crippen molar-refractivity contribution in [2.45, 2.75) is 38.6 Å². The molecule has 1 aliphatic heterocycles. The first kappa shape index (κ1) is 15.0. The molecule has 2 heterocycles. The first-order chi connectivity index (χ1) is 10.3. The molecule has 22 heavy (non-hydrogen) atoms. The van der Waals surface area contributed by atoms with Crippen LogP contribution in [0.25, 0.3) is 0 Å². The Morgan fingerprint density at radius 1 is 1.36 bits per heavy atom. The topological polar surface area (TPSA) is 46.9 Å². The fourth-order valence-electron chi connectivity index (χ4n) is 2.79. The molecule has 1 aromatic carbocycles. The fraction of sp³-hybridized carbons (Fsp3) is 0.375. The number of halogens is 2. The van der Waals surface area contributed by atoms with E-state index in [0.29, 0.717) is 16.4 Å². The van der Waals surface area contributed by atoms with Gasteiger partial charge in [0.05, 0.1) is 11.7 Å². The van der Waals surface area contributed by atoms with Gasteiger partial charge in [0.2, 0.25) is 5.91 Å². The molecule has 0 bridgehead atoms. The van der Waals surface area contributed by atoms with Gasteiger partial charge in [-0.1, -0.05) is 11.6 Å². The highest BCUT2D eigenvalue weighted by Crippen LogP contribution is 2.40. The molecule has 6 heteroatoms. The van der Waals surface area contributed by atoms with Crippen LogP contribution in [0.1, 0.15) is 44.2 Å². The van der Waals surface area contributed by atoms with Crippen LogP contribution in [0.15, 0.2) is 24.4 Å². The molecule has 3 rings (SSSR count). The predicted octanol–water partition coefficient (Wildman–Crippen LogP) is 3.90. The lowest BCUT2D eigenvalue weighted by Gasteiger charge is -2.28. The highest BCUT2D eigenvalue weighted by Gasteiger charge is 2.33. The number of hydrogen-bond donors (Lipinski definition) is 1. The normalized spacial score (nSPS) is 18.0. The molecule has 1 aromatic heterocycles. The summed E-state index contributed by atoms with van der Waals surface area (Å²) in [7, 11) is 0. The second-order valence-electron chi connectivity index (χ2n) is 6.50. The molecular formula is C16H17ClFN3O. The van der Waals surface area contributed by atoms with Gasteiger partial charge in [-0.25, -0.2) is 9.07 Å². The Labute approximate surface area is 133 Å². The van der Waals surface area contributed by atoms with Gasteiger partial charge in [0.1, 0.15) is 11.6 Å². The summed E-state index contributed by atoms with van der Waals surface area (Å²) in [6, 6.07) is 4.42. The summed E-state index contributed by atoms with van der Waals surface area (Å²) in [5, 5.41) is 7.68. The van der Waals surface area contributed by atoms with E-state index in [9.17, 15) is 9.18 Å². The summed E-state index contributed by atoms with van der Waals surface area (Å²) in [6.45, 7) is 5.99. The van der Waals surface area contributed by atoms with Crippen LogP contribution < -0.4 is 5.32 Å². The van der Waals surface area contributed by atoms with E-state index in [1.54, 1.807) is 16.9 Å². The lowest BCUT2D eigenvalue weighted by molar-refractivity contribution is -0.116. The molecule has 0 aliphatic carbocycles. The van der Waals surface area contributed by atoms with E-state index in [4.69, 9.17) is 11.6 Å². The lowest BCUT2D eigenvalue weighted by Crippen LogP contribution is -2.30. The molecular weight excluding hydrogens is 305 g/mol. The van der Waals surface area contributed by atoms with Gasteiger partial charge in [-0.3, -0.25) is 4.79 Å². The lowest BCUT2D eigenvalue weighted by atomic mass is 9.87. The first-order valence-electron chi connectivity index (χ1n) is 7.10. The standard InChI is InChI=1S/C16H17ClFN3O/c1-16(2,3)21-15-12(8-19-21)10(7-14(22)20-15)11-6-9(17)4-5-13(11)18/h4-6,8,10H,7H2,1-3H3,(H,20,22). The molecule has 1 unspecified atom stereocenters. The van der Waals surface area contributed by atoms with Gasteiger partial charge >= 0.3 is 0 Å². The molecule has 1 atom stereocenters. The predicted molar refractivity (Wildman–Crippen MR) is 83.7 cm³/mol. The molecule has 1 amide bonds. The van der Waals surface area contributed by atoms with Crippen molar-refractivity contribution in [3.8, 4) is 0 Å². The van der Waals surface area contributed by atoms with Crippen molar-refractivity contribution >= 4 is 23.3 Å². The Kier molecular flexibility index (Phi) is 3.48. The quantitative estimate of drug-likeness (QED) is 0.865. The Morgan fingerprint density at radius 2 is 2.09 bits per heavy atom. The maximum atomic E-state index is 14.2. The number of hydrogen-bond acceptors (Lipinski definition) is 2. The van der Waals surface area contributed by atoms with Gasteiger partial charge in [0, 0.05) is 22.9 Å². The smallest absolute Gasteiger partial charge is 0.226 e. The minimum Gasteiger partial charge on any atom is -0.311 e. The Morgan fingerprint density at radius 3 is 2.77 bits per heavy atom. The Balaban J connectivity index is 2.15. The van der Waals surface area contributed by atoms with E-state index in [1.165, 1.54) is 12.1 Å². The molecule has 0 spiro atoms. The largest absolute Gasteiger partial charge is 0.311 e. The monoisotopic (exact) mass is 321 g/mol. The number of carbonyl (C=O) groups is 1. The van der Waals surface area contributed by atoms with Crippen molar-refractivity contribution in [3.05, 3.63) is 46.4 Å². The minimum atomic E-state index is -0.376. The number of carbonyl (C=O) groups excluding carboxylic acids is 1. The van der Waals surface area contributed by atoms with Crippen molar-refractivity contribution in [2.24, 2.45) is 0 Å². The van der Waals surface area contributed by atoms with Crippen LogP contribution in [-0.4, -0.2) is 15.7 Å². The van der Waals surface area contributed by atoms with E-state index in [-0.39, 0.29) is 29.6 Å². The van der Waals surface area contributed by atoms with Crippen LogP contribution in [0, 0.1) is 5.82 Å². The molecule has 2 aromatic rings. The number of benzene rings is 1. The van der Waals surface area contributed by atoms with Crippen LogP contribution in [0.3, 0.4) is 0 Å². The Bertz CT molecular complexity index is 748. The van der Waals surface area contributed by atoms with Gasteiger partial charge < -0.3 is 5.32 Å². The molecule has 0 fully saturated rings. The highest BCUT2D eigenvalue weighted by molar-refractivity contribution is 6.30. The van der Waals surface area contributed by atoms with Gasteiger partial charge in [-0.2, -0.15) is 5.10 Å². The van der Waals surface area contributed by atoms with E-state index in [1.807, 2.05) is 20.8 Å². The molecule has 1 aliphatic rings. The number of anilines is 1. The van der Waals surface area contributed by atoms with Gasteiger partial charge in [0.25, 0.3) is 0 Å². The van der Waals surface area contributed by atoms with Crippen molar-refractivity contribution in [2.75, 3.05) is 5.32 Å². The van der Waals surface area contributed by atoms with Crippen LogP contribution in [-0.2, 0) is 10.3 Å².